The third-order valence-electron chi connectivity index (χ3n) is 3.00. The Kier molecular flexibility index (Phi) is 5.79. The van der Waals surface area contributed by atoms with Crippen molar-refractivity contribution in [3.05, 3.63) is 51.7 Å². The highest BCUT2D eigenvalue weighted by molar-refractivity contribution is 8.00. The Morgan fingerprint density at radius 1 is 1.12 bits per heavy atom. The Morgan fingerprint density at radius 3 is 2.56 bits per heavy atom. The molecule has 0 aliphatic heterocycles. The summed E-state index contributed by atoms with van der Waals surface area (Å²) < 4.78 is 0. The molecule has 1 aromatic carbocycles. The monoisotopic (exact) mass is 390 g/mol. The summed E-state index contributed by atoms with van der Waals surface area (Å²) in [5.74, 6) is 0.0258. The third-order valence-corrected chi connectivity index (χ3v) is 5.63. The SMILES string of the molecule is Cc1nnc(NC(=O)CSc2ccc(NC(=O)c3cccs3)cc2)s1. The molecule has 0 aliphatic rings. The van der Waals surface area contributed by atoms with E-state index in [1.54, 1.807) is 6.07 Å². The van der Waals surface area contributed by atoms with Crippen LogP contribution < -0.4 is 10.6 Å². The van der Waals surface area contributed by atoms with Gasteiger partial charge in [0.15, 0.2) is 0 Å². The van der Waals surface area contributed by atoms with Crippen LogP contribution in [-0.4, -0.2) is 27.8 Å². The van der Waals surface area contributed by atoms with Crippen molar-refractivity contribution in [2.75, 3.05) is 16.4 Å². The van der Waals surface area contributed by atoms with Crippen molar-refractivity contribution in [3.63, 3.8) is 0 Å². The van der Waals surface area contributed by atoms with E-state index in [9.17, 15) is 9.59 Å². The second-order valence-electron chi connectivity index (χ2n) is 4.92. The third kappa shape index (κ3) is 5.12. The van der Waals surface area contributed by atoms with E-state index in [4.69, 9.17) is 0 Å². The molecule has 6 nitrogen and oxygen atoms in total. The van der Waals surface area contributed by atoms with E-state index in [-0.39, 0.29) is 17.6 Å². The Hall–Kier alpha value is -2.23. The molecule has 25 heavy (non-hydrogen) atoms. The molecule has 2 N–H and O–H groups in total. The van der Waals surface area contributed by atoms with Crippen molar-refractivity contribution in [3.8, 4) is 0 Å². The van der Waals surface area contributed by atoms with Crippen LogP contribution in [0.5, 0.6) is 0 Å². The zero-order valence-electron chi connectivity index (χ0n) is 13.2. The van der Waals surface area contributed by atoms with Crippen molar-refractivity contribution >= 4 is 57.1 Å². The molecular weight excluding hydrogens is 376 g/mol. The highest BCUT2D eigenvalue weighted by atomic mass is 32.2. The van der Waals surface area contributed by atoms with Gasteiger partial charge in [0.05, 0.1) is 10.6 Å². The first kappa shape index (κ1) is 17.6. The summed E-state index contributed by atoms with van der Waals surface area (Å²) in [7, 11) is 0. The van der Waals surface area contributed by atoms with Crippen molar-refractivity contribution in [1.82, 2.24) is 10.2 Å². The van der Waals surface area contributed by atoms with Crippen molar-refractivity contribution in [2.45, 2.75) is 11.8 Å². The van der Waals surface area contributed by atoms with Crippen LogP contribution in [0.25, 0.3) is 0 Å². The van der Waals surface area contributed by atoms with E-state index in [2.05, 4.69) is 20.8 Å². The number of hydrogen-bond acceptors (Lipinski definition) is 7. The molecule has 0 atom stereocenters. The number of hydrogen-bond donors (Lipinski definition) is 2. The molecule has 128 valence electrons. The van der Waals surface area contributed by atoms with Gasteiger partial charge in [0.2, 0.25) is 11.0 Å². The zero-order valence-corrected chi connectivity index (χ0v) is 15.6. The Bertz CT molecular complexity index is 860. The second-order valence-corrected chi connectivity index (χ2v) is 8.10. The van der Waals surface area contributed by atoms with Gasteiger partial charge in [-0.25, -0.2) is 0 Å². The first-order chi connectivity index (χ1) is 12.1. The molecule has 0 bridgehead atoms. The van der Waals surface area contributed by atoms with Crippen molar-refractivity contribution in [2.24, 2.45) is 0 Å². The summed E-state index contributed by atoms with van der Waals surface area (Å²) >= 11 is 4.15. The fourth-order valence-electron chi connectivity index (χ4n) is 1.89. The summed E-state index contributed by atoms with van der Waals surface area (Å²) in [5, 5.41) is 16.4. The number of carbonyl (C=O) groups excluding carboxylic acids is 2. The Labute approximate surface area is 156 Å². The highest BCUT2D eigenvalue weighted by Gasteiger charge is 2.09. The van der Waals surface area contributed by atoms with Crippen LogP contribution in [-0.2, 0) is 4.79 Å². The van der Waals surface area contributed by atoms with E-state index in [0.717, 1.165) is 15.6 Å². The quantitative estimate of drug-likeness (QED) is 0.624. The summed E-state index contributed by atoms with van der Waals surface area (Å²) in [6.07, 6.45) is 0. The van der Waals surface area contributed by atoms with Gasteiger partial charge >= 0.3 is 0 Å². The second kappa shape index (κ2) is 8.24. The molecule has 0 aliphatic carbocycles. The number of thiophene rings is 1. The van der Waals surface area contributed by atoms with Crippen LogP contribution in [0, 0.1) is 6.92 Å². The molecular formula is C16H14N4O2S3. The average molecular weight is 391 g/mol. The predicted molar refractivity (Wildman–Crippen MR) is 103 cm³/mol. The lowest BCUT2D eigenvalue weighted by molar-refractivity contribution is -0.113. The summed E-state index contributed by atoms with van der Waals surface area (Å²) in [6.45, 7) is 1.83. The number of rotatable bonds is 6. The fraction of sp³-hybridized carbons (Fsp3) is 0.125. The lowest BCUT2D eigenvalue weighted by Gasteiger charge is -2.05. The lowest BCUT2D eigenvalue weighted by atomic mass is 10.3. The molecule has 0 saturated heterocycles. The number of amides is 2. The van der Waals surface area contributed by atoms with E-state index >= 15 is 0 Å². The van der Waals surface area contributed by atoms with Gasteiger partial charge in [-0.3, -0.25) is 14.9 Å². The number of aryl methyl sites for hydroxylation is 1. The molecule has 0 saturated carbocycles. The minimum Gasteiger partial charge on any atom is -0.321 e. The van der Waals surface area contributed by atoms with E-state index in [1.807, 2.05) is 42.6 Å². The first-order valence-electron chi connectivity index (χ1n) is 7.28. The molecule has 0 fully saturated rings. The maximum atomic E-state index is 12.0. The molecule has 0 unspecified atom stereocenters. The predicted octanol–water partition coefficient (Wildman–Crippen LogP) is 3.89. The lowest BCUT2D eigenvalue weighted by Crippen LogP contribution is -2.13. The Balaban J connectivity index is 1.49. The van der Waals surface area contributed by atoms with Crippen LogP contribution in [0.2, 0.25) is 0 Å². The normalized spacial score (nSPS) is 10.4. The van der Waals surface area contributed by atoms with Gasteiger partial charge < -0.3 is 5.32 Å². The molecule has 9 heteroatoms. The van der Waals surface area contributed by atoms with Gasteiger partial charge in [0, 0.05) is 10.6 Å². The highest BCUT2D eigenvalue weighted by Crippen LogP contribution is 2.22. The van der Waals surface area contributed by atoms with Crippen LogP contribution in [0.3, 0.4) is 0 Å². The number of benzene rings is 1. The molecule has 3 rings (SSSR count). The molecule has 2 heterocycles. The van der Waals surface area contributed by atoms with Gasteiger partial charge in [-0.15, -0.1) is 33.3 Å². The number of carbonyl (C=O) groups is 2. The summed E-state index contributed by atoms with van der Waals surface area (Å²) in [4.78, 5) is 25.5. The number of thioether (sulfide) groups is 1. The van der Waals surface area contributed by atoms with Crippen LogP contribution in [0.1, 0.15) is 14.7 Å². The zero-order chi connectivity index (χ0) is 17.6. The maximum Gasteiger partial charge on any atom is 0.265 e. The number of anilines is 2. The topological polar surface area (TPSA) is 84.0 Å². The van der Waals surface area contributed by atoms with Crippen LogP contribution in [0.15, 0.2) is 46.7 Å². The van der Waals surface area contributed by atoms with Gasteiger partial charge in [0.25, 0.3) is 5.91 Å². The number of aromatic nitrogens is 2. The first-order valence-corrected chi connectivity index (χ1v) is 9.96. The molecule has 0 radical (unpaired) electrons. The average Bonchev–Trinajstić information content (AvgIpc) is 3.26. The van der Waals surface area contributed by atoms with Gasteiger partial charge in [-0.2, -0.15) is 0 Å². The fourth-order valence-corrected chi connectivity index (χ4v) is 3.81. The molecule has 3 aromatic rings. The minimum absolute atomic E-state index is 0.123. The summed E-state index contributed by atoms with van der Waals surface area (Å²) in [5.41, 5.74) is 0.719. The Morgan fingerprint density at radius 2 is 1.92 bits per heavy atom. The smallest absolute Gasteiger partial charge is 0.265 e. The number of nitrogens with zero attached hydrogens (tertiary/aromatic N) is 2. The van der Waals surface area contributed by atoms with Gasteiger partial charge in [0.1, 0.15) is 5.01 Å². The molecule has 2 aromatic heterocycles. The van der Waals surface area contributed by atoms with E-state index < -0.39 is 0 Å². The van der Waals surface area contributed by atoms with Gasteiger partial charge in [-0.1, -0.05) is 17.4 Å². The van der Waals surface area contributed by atoms with Crippen LogP contribution in [0.4, 0.5) is 10.8 Å². The van der Waals surface area contributed by atoms with Crippen molar-refractivity contribution < 1.29 is 9.59 Å². The maximum absolute atomic E-state index is 12.0. The largest absolute Gasteiger partial charge is 0.321 e. The molecule has 2 amide bonds. The number of nitrogens with one attached hydrogen (secondary N) is 2. The van der Waals surface area contributed by atoms with E-state index in [0.29, 0.717) is 10.0 Å². The van der Waals surface area contributed by atoms with Crippen LogP contribution >= 0.6 is 34.4 Å². The van der Waals surface area contributed by atoms with Crippen molar-refractivity contribution in [1.29, 1.82) is 0 Å². The standard InChI is InChI=1S/C16H14N4O2S3/c1-10-19-20-16(25-10)18-14(21)9-24-12-6-4-11(5-7-12)17-15(22)13-3-2-8-23-13/h2-8H,9H2,1H3,(H,17,22)(H,18,20,21). The van der Waals surface area contributed by atoms with E-state index in [1.165, 1.54) is 34.4 Å². The van der Waals surface area contributed by atoms with Gasteiger partial charge in [-0.05, 0) is 42.6 Å². The summed E-state index contributed by atoms with van der Waals surface area (Å²) in [6, 6.07) is 11.0. The molecule has 0 spiro atoms. The minimum atomic E-state index is -0.128.